The Balaban J connectivity index is 2.99. The van der Waals surface area contributed by atoms with Crippen molar-refractivity contribution in [2.45, 2.75) is 26.1 Å². The summed E-state index contributed by atoms with van der Waals surface area (Å²) in [5, 5.41) is 10.1. The van der Waals surface area contributed by atoms with Crippen molar-refractivity contribution in [2.75, 3.05) is 14.2 Å². The van der Waals surface area contributed by atoms with Crippen LogP contribution in [-0.4, -0.2) is 25.4 Å². The molecule has 96 valence electrons. The monoisotopic (exact) mass is 242 g/mol. The molecule has 3 nitrogen and oxygen atoms in total. The van der Waals surface area contributed by atoms with E-state index in [2.05, 4.69) is 0 Å². The first-order valence-electron chi connectivity index (χ1n) is 5.55. The molecule has 0 spiro atoms. The van der Waals surface area contributed by atoms with Crippen LogP contribution >= 0.6 is 0 Å². The molecule has 0 amide bonds. The molecule has 0 saturated carbocycles. The number of benzene rings is 1. The maximum Gasteiger partial charge on any atom is 0.132 e. The van der Waals surface area contributed by atoms with Crippen molar-refractivity contribution in [2.24, 2.45) is 5.92 Å². The van der Waals surface area contributed by atoms with Gasteiger partial charge in [0.05, 0.1) is 13.2 Å². The Kier molecular flexibility index (Phi) is 4.90. The number of hydrogen-bond acceptors (Lipinski definition) is 3. The van der Waals surface area contributed by atoms with E-state index in [0.717, 1.165) is 0 Å². The second-order valence-electron chi connectivity index (χ2n) is 4.28. The molecule has 0 heterocycles. The number of ether oxygens (including phenoxy) is 2. The summed E-state index contributed by atoms with van der Waals surface area (Å²) >= 11 is 0. The topological polar surface area (TPSA) is 38.7 Å². The van der Waals surface area contributed by atoms with E-state index in [1.807, 2.05) is 13.8 Å². The average Bonchev–Trinajstić information content (AvgIpc) is 2.28. The standard InChI is InChI=1S/C13H19FO3/c1-8(2)13(17-4)12(15)10-6-5-9(16-3)7-11(10)14/h5-8,12-13,15H,1-4H3. The zero-order valence-corrected chi connectivity index (χ0v) is 10.6. The van der Waals surface area contributed by atoms with Gasteiger partial charge in [0.25, 0.3) is 0 Å². The number of halogens is 1. The van der Waals surface area contributed by atoms with Gasteiger partial charge in [-0.1, -0.05) is 13.8 Å². The molecule has 1 aromatic carbocycles. The molecule has 17 heavy (non-hydrogen) atoms. The molecule has 1 N–H and O–H groups in total. The second kappa shape index (κ2) is 5.98. The third-order valence-corrected chi connectivity index (χ3v) is 2.77. The lowest BCUT2D eigenvalue weighted by Gasteiger charge is -2.25. The first-order valence-corrected chi connectivity index (χ1v) is 5.55. The molecule has 0 radical (unpaired) electrons. The summed E-state index contributed by atoms with van der Waals surface area (Å²) < 4.78 is 23.9. The highest BCUT2D eigenvalue weighted by Gasteiger charge is 2.26. The maximum absolute atomic E-state index is 13.8. The number of aliphatic hydroxyl groups excluding tert-OH is 1. The third-order valence-electron chi connectivity index (χ3n) is 2.77. The van der Waals surface area contributed by atoms with Crippen LogP contribution in [0.5, 0.6) is 5.75 Å². The van der Waals surface area contributed by atoms with Crippen molar-refractivity contribution in [3.05, 3.63) is 29.6 Å². The smallest absolute Gasteiger partial charge is 0.132 e. The van der Waals surface area contributed by atoms with Crippen LogP contribution in [-0.2, 0) is 4.74 Å². The molecule has 0 fully saturated rings. The summed E-state index contributed by atoms with van der Waals surface area (Å²) in [7, 11) is 2.98. The minimum Gasteiger partial charge on any atom is -0.497 e. The van der Waals surface area contributed by atoms with Crippen LogP contribution in [0.3, 0.4) is 0 Å². The van der Waals surface area contributed by atoms with Gasteiger partial charge in [-0.3, -0.25) is 0 Å². The highest BCUT2D eigenvalue weighted by atomic mass is 19.1. The van der Waals surface area contributed by atoms with Gasteiger partial charge in [0.2, 0.25) is 0 Å². The van der Waals surface area contributed by atoms with Gasteiger partial charge in [-0.15, -0.1) is 0 Å². The number of rotatable bonds is 5. The molecule has 1 rings (SSSR count). The van der Waals surface area contributed by atoms with Crippen LogP contribution in [0, 0.1) is 11.7 Å². The SMILES string of the molecule is COc1ccc(C(O)C(OC)C(C)C)c(F)c1. The Morgan fingerprint density at radius 3 is 2.29 bits per heavy atom. The summed E-state index contributed by atoms with van der Waals surface area (Å²) in [6.07, 6.45) is -1.41. The van der Waals surface area contributed by atoms with Crippen LogP contribution < -0.4 is 4.74 Å². The molecular weight excluding hydrogens is 223 g/mol. The van der Waals surface area contributed by atoms with Gasteiger partial charge in [0, 0.05) is 18.7 Å². The fourth-order valence-corrected chi connectivity index (χ4v) is 1.82. The minimum atomic E-state index is -0.981. The Bertz CT molecular complexity index is 366. The fraction of sp³-hybridized carbons (Fsp3) is 0.538. The van der Waals surface area contributed by atoms with Crippen molar-refractivity contribution in [3.63, 3.8) is 0 Å². The molecular formula is C13H19FO3. The first kappa shape index (κ1) is 13.9. The lowest BCUT2D eigenvalue weighted by molar-refractivity contribution is -0.0404. The number of hydrogen-bond donors (Lipinski definition) is 1. The van der Waals surface area contributed by atoms with E-state index >= 15 is 0 Å². The average molecular weight is 242 g/mol. The summed E-state index contributed by atoms with van der Waals surface area (Å²) in [6, 6.07) is 4.40. The van der Waals surface area contributed by atoms with Crippen LogP contribution in [0.25, 0.3) is 0 Å². The zero-order valence-electron chi connectivity index (χ0n) is 10.6. The van der Waals surface area contributed by atoms with Crippen LogP contribution in [0.4, 0.5) is 4.39 Å². The van der Waals surface area contributed by atoms with Gasteiger partial charge in [0.1, 0.15) is 17.7 Å². The highest BCUT2D eigenvalue weighted by molar-refractivity contribution is 5.30. The summed E-state index contributed by atoms with van der Waals surface area (Å²) in [5.74, 6) is 0.0352. The van der Waals surface area contributed by atoms with Gasteiger partial charge in [-0.25, -0.2) is 4.39 Å². The molecule has 0 bridgehead atoms. The van der Waals surface area contributed by atoms with Crippen molar-refractivity contribution in [1.29, 1.82) is 0 Å². The molecule has 4 heteroatoms. The number of methoxy groups -OCH3 is 2. The van der Waals surface area contributed by atoms with Gasteiger partial charge in [-0.05, 0) is 18.1 Å². The van der Waals surface area contributed by atoms with E-state index in [1.165, 1.54) is 26.4 Å². The third kappa shape index (κ3) is 3.17. The second-order valence-corrected chi connectivity index (χ2v) is 4.28. The predicted octanol–water partition coefficient (Wildman–Crippen LogP) is 2.54. The molecule has 0 aliphatic rings. The summed E-state index contributed by atoms with van der Waals surface area (Å²) in [4.78, 5) is 0. The summed E-state index contributed by atoms with van der Waals surface area (Å²) in [5.41, 5.74) is 0.228. The van der Waals surface area contributed by atoms with Gasteiger partial charge in [-0.2, -0.15) is 0 Å². The van der Waals surface area contributed by atoms with Gasteiger partial charge < -0.3 is 14.6 Å². The molecule has 0 saturated heterocycles. The highest BCUT2D eigenvalue weighted by Crippen LogP contribution is 2.28. The minimum absolute atomic E-state index is 0.0940. The molecule has 2 atom stereocenters. The maximum atomic E-state index is 13.8. The molecule has 0 aliphatic heterocycles. The lowest BCUT2D eigenvalue weighted by Crippen LogP contribution is -2.27. The van der Waals surface area contributed by atoms with E-state index in [4.69, 9.17) is 9.47 Å². The molecule has 0 aliphatic carbocycles. The van der Waals surface area contributed by atoms with Crippen LogP contribution in [0.1, 0.15) is 25.5 Å². The Morgan fingerprint density at radius 1 is 1.24 bits per heavy atom. The van der Waals surface area contributed by atoms with E-state index < -0.39 is 18.0 Å². The van der Waals surface area contributed by atoms with Gasteiger partial charge in [0.15, 0.2) is 0 Å². The summed E-state index contributed by atoms with van der Waals surface area (Å²) in [6.45, 7) is 3.83. The molecule has 0 aromatic heterocycles. The van der Waals surface area contributed by atoms with E-state index in [1.54, 1.807) is 6.07 Å². The zero-order chi connectivity index (χ0) is 13.0. The van der Waals surface area contributed by atoms with Gasteiger partial charge >= 0.3 is 0 Å². The Labute approximate surface area is 101 Å². The normalized spacial score (nSPS) is 14.8. The quantitative estimate of drug-likeness (QED) is 0.862. The lowest BCUT2D eigenvalue weighted by atomic mass is 9.95. The van der Waals surface area contributed by atoms with Crippen molar-refractivity contribution < 1.29 is 19.0 Å². The number of aliphatic hydroxyl groups is 1. The van der Waals surface area contributed by atoms with Crippen molar-refractivity contribution in [3.8, 4) is 5.75 Å². The Hall–Kier alpha value is -1.13. The fourth-order valence-electron chi connectivity index (χ4n) is 1.82. The van der Waals surface area contributed by atoms with E-state index in [-0.39, 0.29) is 11.5 Å². The predicted molar refractivity (Wildman–Crippen MR) is 63.5 cm³/mol. The molecule has 1 aromatic rings. The van der Waals surface area contributed by atoms with E-state index in [9.17, 15) is 9.50 Å². The van der Waals surface area contributed by atoms with E-state index in [0.29, 0.717) is 5.75 Å². The van der Waals surface area contributed by atoms with Crippen LogP contribution in [0.2, 0.25) is 0 Å². The Morgan fingerprint density at radius 2 is 1.88 bits per heavy atom. The van der Waals surface area contributed by atoms with Crippen molar-refractivity contribution in [1.82, 2.24) is 0 Å². The molecule has 2 unspecified atom stereocenters. The van der Waals surface area contributed by atoms with Crippen LogP contribution in [0.15, 0.2) is 18.2 Å². The first-order chi connectivity index (χ1) is 8.01. The van der Waals surface area contributed by atoms with Crippen molar-refractivity contribution >= 4 is 0 Å². The largest absolute Gasteiger partial charge is 0.497 e.